The number of carbonyl (C=O) groups is 2. The van der Waals surface area contributed by atoms with E-state index in [4.69, 9.17) is 4.74 Å². The van der Waals surface area contributed by atoms with E-state index in [1.807, 2.05) is 0 Å². The van der Waals surface area contributed by atoms with Crippen LogP contribution in [0.2, 0.25) is 0 Å². The fourth-order valence-corrected chi connectivity index (χ4v) is 2.01. The molecule has 0 aromatic carbocycles. The van der Waals surface area contributed by atoms with Gasteiger partial charge in [-0.25, -0.2) is 4.79 Å². The highest BCUT2D eigenvalue weighted by atomic mass is 16.6. The Labute approximate surface area is 110 Å². The van der Waals surface area contributed by atoms with Crippen molar-refractivity contribution in [2.45, 2.75) is 45.3 Å². The van der Waals surface area contributed by atoms with Gasteiger partial charge < -0.3 is 9.26 Å². The zero-order valence-electron chi connectivity index (χ0n) is 11.3. The zero-order valence-corrected chi connectivity index (χ0v) is 11.3. The molecule has 0 spiro atoms. The van der Waals surface area contributed by atoms with E-state index in [1.54, 1.807) is 20.8 Å². The van der Waals surface area contributed by atoms with E-state index in [0.717, 1.165) is 12.8 Å². The maximum absolute atomic E-state index is 12.2. The summed E-state index contributed by atoms with van der Waals surface area (Å²) in [7, 11) is 0. The minimum Gasteiger partial charge on any atom is -0.444 e. The maximum atomic E-state index is 12.2. The lowest BCUT2D eigenvalue weighted by atomic mass is 10.1. The lowest BCUT2D eigenvalue weighted by molar-refractivity contribution is 0.0221. The van der Waals surface area contributed by atoms with Gasteiger partial charge in [0.2, 0.25) is 18.0 Å². The average Bonchev–Trinajstić information content (AvgIpc) is 2.97. The van der Waals surface area contributed by atoms with E-state index in [1.165, 1.54) is 4.90 Å². The van der Waals surface area contributed by atoms with Gasteiger partial charge >= 0.3 is 6.09 Å². The zero-order chi connectivity index (χ0) is 14.0. The highest BCUT2D eigenvalue weighted by Gasteiger charge is 2.38. The Bertz CT molecular complexity index is 464. The third-order valence-corrected chi connectivity index (χ3v) is 2.77. The van der Waals surface area contributed by atoms with Gasteiger partial charge in [0, 0.05) is 6.54 Å². The van der Waals surface area contributed by atoms with Crippen molar-refractivity contribution in [3.05, 3.63) is 12.2 Å². The van der Waals surface area contributed by atoms with Crippen molar-refractivity contribution in [2.75, 3.05) is 6.54 Å². The van der Waals surface area contributed by atoms with Gasteiger partial charge in [-0.1, -0.05) is 5.16 Å². The molecule has 0 N–H and O–H groups in total. The van der Waals surface area contributed by atoms with Gasteiger partial charge in [-0.05, 0) is 33.6 Å². The first-order chi connectivity index (χ1) is 8.88. The van der Waals surface area contributed by atoms with Gasteiger partial charge in [0.1, 0.15) is 11.6 Å². The first-order valence-corrected chi connectivity index (χ1v) is 6.19. The number of ketones is 1. The molecule has 2 heterocycles. The van der Waals surface area contributed by atoms with E-state index >= 15 is 0 Å². The fourth-order valence-electron chi connectivity index (χ4n) is 2.01. The summed E-state index contributed by atoms with van der Waals surface area (Å²) in [5.74, 6) is -0.308. The molecule has 7 nitrogen and oxygen atoms in total. The highest BCUT2D eigenvalue weighted by molar-refractivity contribution is 5.98. The monoisotopic (exact) mass is 267 g/mol. The fraction of sp³-hybridized carbons (Fsp3) is 0.667. The van der Waals surface area contributed by atoms with Crippen LogP contribution >= 0.6 is 0 Å². The molecule has 1 saturated heterocycles. The quantitative estimate of drug-likeness (QED) is 0.757. The Morgan fingerprint density at radius 1 is 1.47 bits per heavy atom. The molecule has 1 aliphatic heterocycles. The van der Waals surface area contributed by atoms with E-state index in [0.29, 0.717) is 13.0 Å². The molecule has 1 fully saturated rings. The van der Waals surface area contributed by atoms with Gasteiger partial charge in [-0.15, -0.1) is 0 Å². The summed E-state index contributed by atoms with van der Waals surface area (Å²) in [4.78, 5) is 29.3. The van der Waals surface area contributed by atoms with Gasteiger partial charge in [0.15, 0.2) is 0 Å². The Hall–Kier alpha value is -1.92. The molecule has 104 valence electrons. The van der Waals surface area contributed by atoms with Crippen molar-refractivity contribution in [1.29, 1.82) is 0 Å². The topological polar surface area (TPSA) is 85.5 Å². The SMILES string of the molecule is CC(C)(C)OC(=O)N1CCC[C@H]1C(=O)c1ncon1. The van der Waals surface area contributed by atoms with E-state index in [2.05, 4.69) is 14.7 Å². The third kappa shape index (κ3) is 3.10. The third-order valence-electron chi connectivity index (χ3n) is 2.77. The predicted octanol–water partition coefficient (Wildman–Crippen LogP) is 1.65. The van der Waals surface area contributed by atoms with Crippen LogP contribution in [0.5, 0.6) is 0 Å². The van der Waals surface area contributed by atoms with Crippen LogP contribution < -0.4 is 0 Å². The molecule has 2 rings (SSSR count). The first kappa shape index (κ1) is 13.5. The van der Waals surface area contributed by atoms with Crippen molar-refractivity contribution in [1.82, 2.24) is 15.0 Å². The van der Waals surface area contributed by atoms with Crippen LogP contribution in [-0.2, 0) is 4.74 Å². The van der Waals surface area contributed by atoms with E-state index in [-0.39, 0.29) is 11.6 Å². The Morgan fingerprint density at radius 2 is 2.21 bits per heavy atom. The predicted molar refractivity (Wildman–Crippen MR) is 64.6 cm³/mol. The second-order valence-corrected chi connectivity index (χ2v) is 5.45. The van der Waals surface area contributed by atoms with Crippen molar-refractivity contribution in [2.24, 2.45) is 0 Å². The van der Waals surface area contributed by atoms with E-state index in [9.17, 15) is 9.59 Å². The summed E-state index contributed by atoms with van der Waals surface area (Å²) in [5, 5.41) is 3.51. The van der Waals surface area contributed by atoms with Crippen LogP contribution in [0.1, 0.15) is 44.2 Å². The van der Waals surface area contributed by atoms with E-state index < -0.39 is 17.7 Å². The number of hydrogen-bond donors (Lipinski definition) is 0. The number of likely N-dealkylation sites (tertiary alicyclic amines) is 1. The van der Waals surface area contributed by atoms with Crippen LogP contribution in [0.25, 0.3) is 0 Å². The molecule has 7 heteroatoms. The summed E-state index contributed by atoms with van der Waals surface area (Å²) in [6.07, 6.45) is 1.96. The summed E-state index contributed by atoms with van der Waals surface area (Å²) in [5.41, 5.74) is -0.584. The lowest BCUT2D eigenvalue weighted by Gasteiger charge is -2.27. The Kier molecular flexibility index (Phi) is 3.55. The second kappa shape index (κ2) is 4.99. The molecule has 0 aliphatic carbocycles. The largest absolute Gasteiger partial charge is 0.444 e. The number of aromatic nitrogens is 2. The van der Waals surface area contributed by atoms with Crippen molar-refractivity contribution in [3.63, 3.8) is 0 Å². The number of Topliss-reactive ketones (excluding diaryl/α,β-unsaturated/α-hetero) is 1. The van der Waals surface area contributed by atoms with Crippen LogP contribution in [-0.4, -0.2) is 45.1 Å². The average molecular weight is 267 g/mol. The smallest absolute Gasteiger partial charge is 0.410 e. The summed E-state index contributed by atoms with van der Waals surface area (Å²) >= 11 is 0. The molecule has 1 aromatic heterocycles. The standard InChI is InChI=1S/C12H17N3O4/c1-12(2,3)19-11(17)15-6-4-5-8(15)9(16)10-13-7-18-14-10/h7-8H,4-6H2,1-3H3/t8-/m0/s1. The number of nitrogens with zero attached hydrogens (tertiary/aromatic N) is 3. The van der Waals surface area contributed by atoms with Crippen molar-refractivity contribution in [3.8, 4) is 0 Å². The van der Waals surface area contributed by atoms with Crippen molar-refractivity contribution < 1.29 is 18.8 Å². The normalized spacial score (nSPS) is 19.5. The molecule has 1 amide bonds. The molecular formula is C12H17N3O4. The van der Waals surface area contributed by atoms with Gasteiger partial charge in [0.25, 0.3) is 0 Å². The minimum atomic E-state index is -0.584. The molecule has 1 aromatic rings. The molecule has 19 heavy (non-hydrogen) atoms. The minimum absolute atomic E-state index is 0.000425. The number of amides is 1. The van der Waals surface area contributed by atoms with Gasteiger partial charge in [-0.2, -0.15) is 4.98 Å². The molecule has 1 atom stereocenters. The van der Waals surface area contributed by atoms with Crippen LogP contribution in [0, 0.1) is 0 Å². The Balaban J connectivity index is 2.09. The maximum Gasteiger partial charge on any atom is 0.410 e. The Morgan fingerprint density at radius 3 is 2.79 bits per heavy atom. The molecule has 0 saturated carbocycles. The lowest BCUT2D eigenvalue weighted by Crippen LogP contribution is -2.43. The number of rotatable bonds is 2. The highest BCUT2D eigenvalue weighted by Crippen LogP contribution is 2.22. The van der Waals surface area contributed by atoms with Gasteiger partial charge in [-0.3, -0.25) is 9.69 Å². The molecular weight excluding hydrogens is 250 g/mol. The van der Waals surface area contributed by atoms with Crippen LogP contribution in [0.3, 0.4) is 0 Å². The number of hydrogen-bond acceptors (Lipinski definition) is 6. The summed E-state index contributed by atoms with van der Waals surface area (Å²) in [6.45, 7) is 5.87. The summed E-state index contributed by atoms with van der Waals surface area (Å²) in [6, 6.07) is -0.563. The van der Waals surface area contributed by atoms with Crippen LogP contribution in [0.4, 0.5) is 4.79 Å². The second-order valence-electron chi connectivity index (χ2n) is 5.45. The number of carbonyl (C=O) groups excluding carboxylic acids is 2. The molecule has 0 bridgehead atoms. The molecule has 1 aliphatic rings. The van der Waals surface area contributed by atoms with Crippen LogP contribution in [0.15, 0.2) is 10.9 Å². The summed E-state index contributed by atoms with van der Waals surface area (Å²) < 4.78 is 9.84. The van der Waals surface area contributed by atoms with Crippen molar-refractivity contribution >= 4 is 11.9 Å². The first-order valence-electron chi connectivity index (χ1n) is 6.19. The molecule has 0 unspecified atom stereocenters. The number of ether oxygens (including phenoxy) is 1. The molecule has 0 radical (unpaired) electrons. The van der Waals surface area contributed by atoms with Gasteiger partial charge in [0.05, 0.1) is 0 Å².